The number of fused-ring (bicyclic) bond motifs is 3. The van der Waals surface area contributed by atoms with Crippen LogP contribution in [-0.2, 0) is 6.54 Å². The fourth-order valence-electron chi connectivity index (χ4n) is 2.36. The van der Waals surface area contributed by atoms with Gasteiger partial charge in [-0.05, 0) is 12.1 Å². The van der Waals surface area contributed by atoms with Crippen LogP contribution in [0.25, 0.3) is 28.2 Å². The number of pyridine rings is 1. The molecule has 8 nitrogen and oxygen atoms in total. The smallest absolute Gasteiger partial charge is 0.225 e. The van der Waals surface area contributed by atoms with Crippen molar-refractivity contribution in [2.24, 2.45) is 0 Å². The lowest BCUT2D eigenvalue weighted by Crippen LogP contribution is -2.06. The highest BCUT2D eigenvalue weighted by Crippen LogP contribution is 2.28. The average molecular weight is 394 g/mol. The number of halogens is 2. The molecule has 4 heterocycles. The summed E-state index contributed by atoms with van der Waals surface area (Å²) in [4.78, 5) is 13.1. The lowest BCUT2D eigenvalue weighted by Gasteiger charge is -2.01. The topological polar surface area (TPSA) is 99.8 Å². The van der Waals surface area contributed by atoms with Crippen molar-refractivity contribution < 1.29 is 0 Å². The Morgan fingerprint density at radius 3 is 2.78 bits per heavy atom. The Kier molecular flexibility index (Phi) is 3.38. The molecular weight excluding hydrogens is 384 g/mol. The molecule has 0 aliphatic heterocycles. The zero-order chi connectivity index (χ0) is 16.0. The number of hydrogen-bond acceptors (Lipinski definition) is 6. The predicted octanol–water partition coefficient (Wildman–Crippen LogP) is 2.17. The Morgan fingerprint density at radius 1 is 1.17 bits per heavy atom. The normalized spacial score (nSPS) is 11.6. The molecule has 10 heteroatoms. The van der Waals surface area contributed by atoms with Crippen LogP contribution in [0.3, 0.4) is 0 Å². The van der Waals surface area contributed by atoms with Crippen LogP contribution in [0.2, 0.25) is 5.15 Å². The Bertz CT molecular complexity index is 1010. The van der Waals surface area contributed by atoms with Crippen molar-refractivity contribution in [3.05, 3.63) is 29.5 Å². The quantitative estimate of drug-likeness (QED) is 0.535. The number of alkyl halides is 1. The Balaban J connectivity index is 2.04. The molecule has 0 fully saturated rings. The van der Waals surface area contributed by atoms with Crippen LogP contribution in [0.5, 0.6) is 0 Å². The van der Waals surface area contributed by atoms with E-state index in [-0.39, 0.29) is 5.95 Å². The van der Waals surface area contributed by atoms with Gasteiger partial charge in [-0.3, -0.25) is 4.98 Å². The molecule has 2 N–H and O–H groups in total. The molecule has 0 aliphatic rings. The van der Waals surface area contributed by atoms with Gasteiger partial charge in [-0.2, -0.15) is 14.6 Å². The van der Waals surface area contributed by atoms with Gasteiger partial charge in [0.25, 0.3) is 0 Å². The lowest BCUT2D eigenvalue weighted by molar-refractivity contribution is 0.686. The van der Waals surface area contributed by atoms with E-state index in [1.54, 1.807) is 10.9 Å². The van der Waals surface area contributed by atoms with Crippen molar-refractivity contribution in [2.75, 3.05) is 11.1 Å². The van der Waals surface area contributed by atoms with Gasteiger partial charge < -0.3 is 5.73 Å². The van der Waals surface area contributed by atoms with Crippen LogP contribution in [0, 0.1) is 0 Å². The fraction of sp³-hybridized carbons (Fsp3) is 0.154. The van der Waals surface area contributed by atoms with Gasteiger partial charge in [0.05, 0.1) is 6.54 Å². The maximum atomic E-state index is 6.28. The molecule has 0 bridgehead atoms. The maximum absolute atomic E-state index is 6.28. The third-order valence-corrected chi connectivity index (χ3v) is 3.96. The molecule has 23 heavy (non-hydrogen) atoms. The van der Waals surface area contributed by atoms with E-state index in [0.29, 0.717) is 39.9 Å². The van der Waals surface area contributed by atoms with Crippen molar-refractivity contribution in [3.63, 3.8) is 0 Å². The SMILES string of the molecule is Nc1nc2c(c(Cl)nn2CCBr)c2nc(-c3ccccn3)nn12. The maximum Gasteiger partial charge on any atom is 0.225 e. The van der Waals surface area contributed by atoms with Gasteiger partial charge in [0, 0.05) is 11.5 Å². The standard InChI is InChI=1S/C13H10BrClN8/c14-4-6-22-11-8(9(15)20-22)12-18-10(7-3-1-2-5-17-7)21-23(12)13(16)19-11/h1-3,5H,4,6H2,(H2,16,19). The number of aromatic nitrogens is 7. The molecule has 0 saturated heterocycles. The van der Waals surface area contributed by atoms with E-state index in [4.69, 9.17) is 17.3 Å². The van der Waals surface area contributed by atoms with Gasteiger partial charge in [-0.1, -0.05) is 33.6 Å². The molecule has 116 valence electrons. The number of nitrogens with two attached hydrogens (primary N) is 1. The summed E-state index contributed by atoms with van der Waals surface area (Å²) in [5, 5.41) is 10.3. The van der Waals surface area contributed by atoms with E-state index >= 15 is 0 Å². The summed E-state index contributed by atoms with van der Waals surface area (Å²) >= 11 is 9.65. The minimum atomic E-state index is 0.217. The number of hydrogen-bond donors (Lipinski definition) is 1. The molecule has 0 saturated carbocycles. The fourth-order valence-corrected chi connectivity index (χ4v) is 2.96. The van der Waals surface area contributed by atoms with Crippen LogP contribution in [-0.4, -0.2) is 39.7 Å². The molecule has 4 aromatic rings. The van der Waals surface area contributed by atoms with E-state index in [2.05, 4.69) is 41.1 Å². The van der Waals surface area contributed by atoms with Crippen molar-refractivity contribution in [2.45, 2.75) is 6.54 Å². The first kappa shape index (κ1) is 14.3. The van der Waals surface area contributed by atoms with E-state index < -0.39 is 0 Å². The first-order chi connectivity index (χ1) is 11.2. The van der Waals surface area contributed by atoms with Gasteiger partial charge in [0.2, 0.25) is 11.8 Å². The largest absolute Gasteiger partial charge is 0.368 e. The Labute approximate surface area is 143 Å². The summed E-state index contributed by atoms with van der Waals surface area (Å²) in [5.74, 6) is 0.672. The highest BCUT2D eigenvalue weighted by atomic mass is 79.9. The van der Waals surface area contributed by atoms with Crippen molar-refractivity contribution >= 4 is 50.2 Å². The number of anilines is 1. The van der Waals surface area contributed by atoms with Crippen LogP contribution >= 0.6 is 27.5 Å². The molecular formula is C13H10BrClN8. The summed E-state index contributed by atoms with van der Waals surface area (Å²) in [6.07, 6.45) is 1.68. The van der Waals surface area contributed by atoms with Crippen molar-refractivity contribution in [1.29, 1.82) is 0 Å². The van der Waals surface area contributed by atoms with E-state index in [1.165, 1.54) is 4.52 Å². The van der Waals surface area contributed by atoms with Crippen LogP contribution in [0.1, 0.15) is 0 Å². The monoisotopic (exact) mass is 392 g/mol. The second-order valence-corrected chi connectivity index (χ2v) is 5.91. The minimum Gasteiger partial charge on any atom is -0.368 e. The average Bonchev–Trinajstić information content (AvgIpc) is 3.12. The van der Waals surface area contributed by atoms with Crippen LogP contribution in [0.4, 0.5) is 5.95 Å². The third kappa shape index (κ3) is 2.23. The molecule has 4 aromatic heterocycles. The van der Waals surface area contributed by atoms with E-state index in [0.717, 1.165) is 5.33 Å². The molecule has 0 amide bonds. The molecule has 0 radical (unpaired) electrons. The van der Waals surface area contributed by atoms with Gasteiger partial charge in [-0.25, -0.2) is 9.67 Å². The molecule has 0 unspecified atom stereocenters. The van der Waals surface area contributed by atoms with E-state index in [1.807, 2.05) is 18.2 Å². The van der Waals surface area contributed by atoms with E-state index in [9.17, 15) is 0 Å². The summed E-state index contributed by atoms with van der Waals surface area (Å²) in [6.45, 7) is 0.618. The second-order valence-electron chi connectivity index (χ2n) is 4.76. The number of rotatable bonds is 3. The zero-order valence-corrected chi connectivity index (χ0v) is 14.0. The molecule has 0 aromatic carbocycles. The van der Waals surface area contributed by atoms with Gasteiger partial charge >= 0.3 is 0 Å². The van der Waals surface area contributed by atoms with Crippen LogP contribution in [0.15, 0.2) is 24.4 Å². The van der Waals surface area contributed by atoms with Gasteiger partial charge in [0.1, 0.15) is 11.1 Å². The predicted molar refractivity (Wildman–Crippen MR) is 90.5 cm³/mol. The Morgan fingerprint density at radius 2 is 2.04 bits per heavy atom. The zero-order valence-electron chi connectivity index (χ0n) is 11.7. The summed E-state index contributed by atoms with van der Waals surface area (Å²) in [6, 6.07) is 5.52. The van der Waals surface area contributed by atoms with Gasteiger partial charge in [-0.15, -0.1) is 5.10 Å². The summed E-state index contributed by atoms with van der Waals surface area (Å²) < 4.78 is 3.15. The molecule has 0 aliphatic carbocycles. The summed E-state index contributed by atoms with van der Waals surface area (Å²) in [7, 11) is 0. The highest BCUT2D eigenvalue weighted by molar-refractivity contribution is 9.09. The van der Waals surface area contributed by atoms with Crippen molar-refractivity contribution in [1.82, 2.24) is 34.3 Å². The van der Waals surface area contributed by atoms with Crippen molar-refractivity contribution in [3.8, 4) is 11.5 Å². The minimum absolute atomic E-state index is 0.217. The number of nitrogens with zero attached hydrogens (tertiary/aromatic N) is 7. The second kappa shape index (κ2) is 5.43. The number of nitrogen functional groups attached to an aromatic ring is 1. The number of aryl methyl sites for hydroxylation is 1. The van der Waals surface area contributed by atoms with Gasteiger partial charge in [0.15, 0.2) is 16.4 Å². The van der Waals surface area contributed by atoms with Crippen LogP contribution < -0.4 is 5.73 Å². The first-order valence-corrected chi connectivity index (χ1v) is 8.24. The highest BCUT2D eigenvalue weighted by Gasteiger charge is 2.20. The molecule has 0 atom stereocenters. The third-order valence-electron chi connectivity index (χ3n) is 3.34. The molecule has 0 spiro atoms. The Hall–Kier alpha value is -2.26. The summed E-state index contributed by atoms with van der Waals surface area (Å²) in [5.41, 5.74) is 7.76. The molecule has 4 rings (SSSR count). The first-order valence-electron chi connectivity index (χ1n) is 6.74. The lowest BCUT2D eigenvalue weighted by atomic mass is 10.3.